The molecule has 0 aliphatic carbocycles. The maximum absolute atomic E-state index is 12.5. The molecule has 1 aromatic rings. The van der Waals surface area contributed by atoms with Gasteiger partial charge in [-0.3, -0.25) is 9.59 Å². The summed E-state index contributed by atoms with van der Waals surface area (Å²) < 4.78 is 0. The van der Waals surface area contributed by atoms with Crippen molar-refractivity contribution >= 4 is 29.3 Å². The summed E-state index contributed by atoms with van der Waals surface area (Å²) >= 11 is 1.72. The fraction of sp³-hybridized carbons (Fsp3) is 0.500. The fourth-order valence-corrected chi connectivity index (χ4v) is 4.49. The summed E-state index contributed by atoms with van der Waals surface area (Å²) in [6, 6.07) is 5.53. The van der Waals surface area contributed by atoms with E-state index >= 15 is 0 Å². The zero-order valence-corrected chi connectivity index (χ0v) is 13.4. The molecular formula is C16H20N2O2S. The van der Waals surface area contributed by atoms with Crippen molar-refractivity contribution in [1.82, 2.24) is 4.90 Å². The van der Waals surface area contributed by atoms with Crippen LogP contribution in [-0.4, -0.2) is 33.4 Å². The standard InChI is InChI=1S/C16H20N2O2S/c1-10-4-5-12(8-11(10)2)17-15(20)13-9-21-16(3)7-6-14(19)18(13)16/h4-5,8,13H,6-7,9H2,1-3H3,(H,17,20)/t13-,16+/m0/s1. The van der Waals surface area contributed by atoms with Crippen LogP contribution in [0.5, 0.6) is 0 Å². The van der Waals surface area contributed by atoms with Gasteiger partial charge in [-0.2, -0.15) is 0 Å². The SMILES string of the molecule is Cc1ccc(NC(=O)[C@@H]2CS[C@]3(C)CCC(=O)N23)cc1C. The molecule has 1 N–H and O–H groups in total. The smallest absolute Gasteiger partial charge is 0.248 e. The number of carbonyl (C=O) groups excluding carboxylic acids is 2. The molecule has 0 unspecified atom stereocenters. The summed E-state index contributed by atoms with van der Waals surface area (Å²) in [5.41, 5.74) is 3.15. The topological polar surface area (TPSA) is 49.4 Å². The first-order chi connectivity index (χ1) is 9.90. The Bertz CT molecular complexity index is 616. The highest BCUT2D eigenvalue weighted by Gasteiger charge is 2.52. The minimum Gasteiger partial charge on any atom is -0.324 e. The van der Waals surface area contributed by atoms with Crippen LogP contribution < -0.4 is 5.32 Å². The second kappa shape index (κ2) is 5.05. The molecule has 2 aliphatic heterocycles. The summed E-state index contributed by atoms with van der Waals surface area (Å²) in [6.45, 7) is 6.13. The van der Waals surface area contributed by atoms with E-state index in [-0.39, 0.29) is 22.7 Å². The Hall–Kier alpha value is -1.49. The summed E-state index contributed by atoms with van der Waals surface area (Å²) in [5.74, 6) is 0.700. The van der Waals surface area contributed by atoms with E-state index in [0.717, 1.165) is 17.7 Å². The molecule has 21 heavy (non-hydrogen) atoms. The molecule has 3 rings (SSSR count). The van der Waals surface area contributed by atoms with Crippen LogP contribution in [0.3, 0.4) is 0 Å². The monoisotopic (exact) mass is 304 g/mol. The summed E-state index contributed by atoms with van der Waals surface area (Å²) in [7, 11) is 0. The average molecular weight is 304 g/mol. The first-order valence-corrected chi connectivity index (χ1v) is 8.23. The molecule has 0 spiro atoms. The van der Waals surface area contributed by atoms with Crippen molar-refractivity contribution in [3.8, 4) is 0 Å². The van der Waals surface area contributed by atoms with E-state index in [1.807, 2.05) is 32.0 Å². The number of amides is 2. The Morgan fingerprint density at radius 1 is 1.38 bits per heavy atom. The van der Waals surface area contributed by atoms with Gasteiger partial charge in [0.25, 0.3) is 0 Å². The zero-order valence-electron chi connectivity index (χ0n) is 12.6. The first-order valence-electron chi connectivity index (χ1n) is 7.25. The molecule has 4 nitrogen and oxygen atoms in total. The normalized spacial score (nSPS) is 27.9. The van der Waals surface area contributed by atoms with Crippen LogP contribution >= 0.6 is 11.8 Å². The van der Waals surface area contributed by atoms with Crippen molar-refractivity contribution in [3.05, 3.63) is 29.3 Å². The highest BCUT2D eigenvalue weighted by molar-refractivity contribution is 8.01. The number of carbonyl (C=O) groups is 2. The van der Waals surface area contributed by atoms with Crippen molar-refractivity contribution < 1.29 is 9.59 Å². The van der Waals surface area contributed by atoms with Crippen molar-refractivity contribution in [3.63, 3.8) is 0 Å². The predicted octanol–water partition coefficient (Wildman–Crippen LogP) is 2.70. The number of fused-ring (bicyclic) bond motifs is 1. The lowest BCUT2D eigenvalue weighted by Crippen LogP contribution is -2.48. The quantitative estimate of drug-likeness (QED) is 0.914. The van der Waals surface area contributed by atoms with Crippen LogP contribution in [0.1, 0.15) is 30.9 Å². The zero-order chi connectivity index (χ0) is 15.2. The summed E-state index contributed by atoms with van der Waals surface area (Å²) in [4.78, 5) is 26.2. The number of nitrogens with one attached hydrogen (secondary N) is 1. The van der Waals surface area contributed by atoms with Gasteiger partial charge in [-0.15, -0.1) is 11.8 Å². The number of anilines is 1. The highest BCUT2D eigenvalue weighted by Crippen LogP contribution is 2.47. The van der Waals surface area contributed by atoms with E-state index in [1.165, 1.54) is 5.56 Å². The number of rotatable bonds is 2. The van der Waals surface area contributed by atoms with E-state index in [4.69, 9.17) is 0 Å². The van der Waals surface area contributed by atoms with Gasteiger partial charge >= 0.3 is 0 Å². The molecule has 2 amide bonds. The Morgan fingerprint density at radius 3 is 2.86 bits per heavy atom. The van der Waals surface area contributed by atoms with Gasteiger partial charge in [0.1, 0.15) is 6.04 Å². The van der Waals surface area contributed by atoms with E-state index in [0.29, 0.717) is 12.2 Å². The average Bonchev–Trinajstić information content (AvgIpc) is 2.91. The Balaban J connectivity index is 1.77. The van der Waals surface area contributed by atoms with Gasteiger partial charge in [-0.05, 0) is 50.5 Å². The Kier molecular flexibility index (Phi) is 3.48. The molecule has 2 aliphatic rings. The van der Waals surface area contributed by atoms with Gasteiger partial charge in [-0.1, -0.05) is 6.07 Å². The lowest BCUT2D eigenvalue weighted by atomic mass is 10.1. The van der Waals surface area contributed by atoms with Crippen LogP contribution in [-0.2, 0) is 9.59 Å². The number of hydrogen-bond acceptors (Lipinski definition) is 3. The van der Waals surface area contributed by atoms with E-state index in [2.05, 4.69) is 12.2 Å². The molecule has 112 valence electrons. The highest BCUT2D eigenvalue weighted by atomic mass is 32.2. The maximum atomic E-state index is 12.5. The Morgan fingerprint density at radius 2 is 2.14 bits per heavy atom. The third kappa shape index (κ3) is 2.44. The minimum absolute atomic E-state index is 0.0790. The number of hydrogen-bond donors (Lipinski definition) is 1. The third-order valence-electron chi connectivity index (χ3n) is 4.52. The first kappa shape index (κ1) is 14.4. The fourth-order valence-electron chi connectivity index (χ4n) is 3.06. The Labute approximate surface area is 129 Å². The molecule has 5 heteroatoms. The van der Waals surface area contributed by atoms with Crippen molar-refractivity contribution in [2.24, 2.45) is 0 Å². The molecule has 2 heterocycles. The van der Waals surface area contributed by atoms with Crippen LogP contribution in [0.4, 0.5) is 5.69 Å². The summed E-state index contributed by atoms with van der Waals surface area (Å²) in [6.07, 6.45) is 1.39. The summed E-state index contributed by atoms with van der Waals surface area (Å²) in [5, 5.41) is 2.96. The largest absolute Gasteiger partial charge is 0.324 e. The van der Waals surface area contributed by atoms with E-state index < -0.39 is 0 Å². The van der Waals surface area contributed by atoms with Crippen LogP contribution in [0.25, 0.3) is 0 Å². The number of thioether (sulfide) groups is 1. The van der Waals surface area contributed by atoms with Crippen LogP contribution in [0.15, 0.2) is 18.2 Å². The van der Waals surface area contributed by atoms with E-state index in [9.17, 15) is 9.59 Å². The number of benzene rings is 1. The van der Waals surface area contributed by atoms with Gasteiger partial charge in [-0.25, -0.2) is 0 Å². The molecule has 2 fully saturated rings. The van der Waals surface area contributed by atoms with Crippen molar-refractivity contribution in [2.75, 3.05) is 11.1 Å². The molecule has 0 radical (unpaired) electrons. The van der Waals surface area contributed by atoms with E-state index in [1.54, 1.807) is 16.7 Å². The maximum Gasteiger partial charge on any atom is 0.248 e. The van der Waals surface area contributed by atoms with Gasteiger partial charge < -0.3 is 10.2 Å². The van der Waals surface area contributed by atoms with Gasteiger partial charge in [0.05, 0.1) is 4.87 Å². The van der Waals surface area contributed by atoms with Crippen LogP contribution in [0, 0.1) is 13.8 Å². The molecule has 0 bridgehead atoms. The minimum atomic E-state index is -0.350. The molecule has 2 atom stereocenters. The number of nitrogens with zero attached hydrogens (tertiary/aromatic N) is 1. The van der Waals surface area contributed by atoms with Gasteiger partial charge in [0.15, 0.2) is 0 Å². The predicted molar refractivity (Wildman–Crippen MR) is 85.3 cm³/mol. The molecular weight excluding hydrogens is 284 g/mol. The molecule has 1 aromatic carbocycles. The van der Waals surface area contributed by atoms with Gasteiger partial charge in [0, 0.05) is 17.9 Å². The molecule has 0 saturated carbocycles. The van der Waals surface area contributed by atoms with Crippen LogP contribution in [0.2, 0.25) is 0 Å². The molecule has 2 saturated heterocycles. The number of aryl methyl sites for hydroxylation is 2. The third-order valence-corrected chi connectivity index (χ3v) is 6.03. The second-order valence-electron chi connectivity index (χ2n) is 6.05. The van der Waals surface area contributed by atoms with Crippen molar-refractivity contribution in [2.45, 2.75) is 44.5 Å². The lowest BCUT2D eigenvalue weighted by molar-refractivity contribution is -0.135. The lowest BCUT2D eigenvalue weighted by Gasteiger charge is -2.29. The molecule has 0 aromatic heterocycles. The van der Waals surface area contributed by atoms with Gasteiger partial charge in [0.2, 0.25) is 11.8 Å². The second-order valence-corrected chi connectivity index (χ2v) is 7.56. The van der Waals surface area contributed by atoms with Crippen molar-refractivity contribution in [1.29, 1.82) is 0 Å².